The van der Waals surface area contributed by atoms with Crippen LogP contribution in [0.5, 0.6) is 0 Å². The summed E-state index contributed by atoms with van der Waals surface area (Å²) in [4.78, 5) is 24.9. The molecule has 1 aliphatic rings. The summed E-state index contributed by atoms with van der Waals surface area (Å²) in [6.45, 7) is -1.32. The van der Waals surface area contributed by atoms with E-state index in [9.17, 15) is 39.7 Å². The molecule has 15 heteroatoms. The van der Waals surface area contributed by atoms with Crippen LogP contribution in [0.3, 0.4) is 0 Å². The van der Waals surface area contributed by atoms with Crippen molar-refractivity contribution in [3.63, 3.8) is 0 Å². The van der Waals surface area contributed by atoms with Gasteiger partial charge in [-0.05, 0) is 0 Å². The average molecular weight is 442 g/mol. The standard InChI is InChI=1S/C13H20N2O11P2/c16-3-5(17)8(19)12(22)28(27-24)25-4-6-9(20)10(21)11(26-6)15-2-1-7(18)14-13(15)23/h1-2,5-6,8-12,16-17,19-22H,3-4H2,(H,14,18,23)/t5-,6-,8+,9-,10-,11-,12-,28?/m1/s1. The molecule has 8 atom stereocenters. The summed E-state index contributed by atoms with van der Waals surface area (Å²) in [6, 6.07) is 1.02. The highest BCUT2D eigenvalue weighted by Crippen LogP contribution is 2.55. The monoisotopic (exact) mass is 442 g/mol. The Kier molecular flexibility index (Phi) is 8.34. The van der Waals surface area contributed by atoms with Crippen molar-refractivity contribution in [3.05, 3.63) is 33.1 Å². The van der Waals surface area contributed by atoms with E-state index in [0.717, 1.165) is 16.8 Å². The van der Waals surface area contributed by atoms with Gasteiger partial charge >= 0.3 is 5.69 Å². The fourth-order valence-corrected chi connectivity index (χ4v) is 4.56. The Labute approximate surface area is 159 Å². The van der Waals surface area contributed by atoms with E-state index in [1.54, 1.807) is 0 Å². The third-order valence-corrected chi connectivity index (χ3v) is 6.90. The normalized spacial score (nSPS) is 29.5. The zero-order valence-corrected chi connectivity index (χ0v) is 16.0. The summed E-state index contributed by atoms with van der Waals surface area (Å²) in [6.07, 6.45) is -8.05. The molecule has 0 spiro atoms. The van der Waals surface area contributed by atoms with Gasteiger partial charge < -0.3 is 39.9 Å². The first kappa shape index (κ1) is 23.2. The number of ether oxygens (including phenoxy) is 1. The lowest BCUT2D eigenvalue weighted by molar-refractivity contribution is -0.0590. The van der Waals surface area contributed by atoms with E-state index in [-0.39, 0.29) is 0 Å². The first-order chi connectivity index (χ1) is 13.2. The third-order valence-electron chi connectivity index (χ3n) is 4.03. The zero-order chi connectivity index (χ0) is 21.0. The van der Waals surface area contributed by atoms with Crippen LogP contribution in [0, 0.1) is 0 Å². The maximum atomic E-state index is 11.8. The van der Waals surface area contributed by atoms with Gasteiger partial charge in [0.25, 0.3) is 5.56 Å². The van der Waals surface area contributed by atoms with Gasteiger partial charge in [-0.15, -0.1) is 0 Å². The van der Waals surface area contributed by atoms with Crippen LogP contribution in [0.1, 0.15) is 6.23 Å². The van der Waals surface area contributed by atoms with E-state index in [4.69, 9.17) is 14.4 Å². The SMILES string of the molecule is O=PP(OC[C@H]1O[C@@H](n2ccc(=O)[nH]c2=O)[C@H](O)[C@@H]1O)[C@@H](O)[C@@H](O)[C@H](O)CO. The first-order valence-corrected chi connectivity index (χ1v) is 10.8. The van der Waals surface area contributed by atoms with Crippen LogP contribution >= 0.6 is 16.0 Å². The molecule has 1 aliphatic heterocycles. The van der Waals surface area contributed by atoms with E-state index in [0.29, 0.717) is 0 Å². The van der Waals surface area contributed by atoms with Crippen LogP contribution < -0.4 is 11.2 Å². The highest BCUT2D eigenvalue weighted by atomic mass is 32.0. The van der Waals surface area contributed by atoms with Crippen LogP contribution in [-0.2, 0) is 13.8 Å². The Morgan fingerprint density at radius 2 is 1.96 bits per heavy atom. The Bertz CT molecular complexity index is 773. The maximum Gasteiger partial charge on any atom is 0.330 e. The first-order valence-electron chi connectivity index (χ1n) is 7.94. The van der Waals surface area contributed by atoms with Crippen molar-refractivity contribution < 1.29 is 44.5 Å². The predicted octanol–water partition coefficient (Wildman–Crippen LogP) is -3.19. The van der Waals surface area contributed by atoms with Gasteiger partial charge in [-0.25, -0.2) is 4.79 Å². The van der Waals surface area contributed by atoms with E-state index in [1.165, 1.54) is 0 Å². The molecule has 0 saturated carbocycles. The Hall–Kier alpha value is -1.11. The van der Waals surface area contributed by atoms with Crippen molar-refractivity contribution in [1.82, 2.24) is 9.55 Å². The summed E-state index contributed by atoms with van der Waals surface area (Å²) in [5, 5.41) is 57.9. The topological polar surface area (TPSA) is 212 Å². The van der Waals surface area contributed by atoms with E-state index >= 15 is 0 Å². The van der Waals surface area contributed by atoms with Crippen molar-refractivity contribution >= 4 is 16.0 Å². The van der Waals surface area contributed by atoms with Crippen LogP contribution in [0.2, 0.25) is 0 Å². The van der Waals surface area contributed by atoms with Gasteiger partial charge in [0.1, 0.15) is 36.4 Å². The highest BCUT2D eigenvalue weighted by molar-refractivity contribution is 8.14. The minimum Gasteiger partial charge on any atom is -0.394 e. The number of nitrogens with one attached hydrogen (secondary N) is 1. The lowest BCUT2D eigenvalue weighted by atomic mass is 10.1. The number of nitrogens with zero attached hydrogens (tertiary/aromatic N) is 1. The van der Waals surface area contributed by atoms with Crippen molar-refractivity contribution in [3.8, 4) is 0 Å². The largest absolute Gasteiger partial charge is 0.394 e. The number of aromatic amines is 1. The number of hydrogen-bond acceptors (Lipinski definition) is 11. The van der Waals surface area contributed by atoms with E-state index < -0.39 is 83.0 Å². The molecular weight excluding hydrogens is 422 g/mol. The molecule has 0 bridgehead atoms. The van der Waals surface area contributed by atoms with Crippen molar-refractivity contribution in [2.45, 2.75) is 42.6 Å². The highest BCUT2D eigenvalue weighted by Gasteiger charge is 2.45. The number of aliphatic hydroxyl groups excluding tert-OH is 6. The van der Waals surface area contributed by atoms with Crippen molar-refractivity contribution in [1.29, 1.82) is 0 Å². The van der Waals surface area contributed by atoms with Gasteiger partial charge in [0.2, 0.25) is 8.15 Å². The van der Waals surface area contributed by atoms with E-state index in [1.807, 2.05) is 4.98 Å². The molecule has 1 saturated heterocycles. The van der Waals surface area contributed by atoms with Crippen molar-refractivity contribution in [2.24, 2.45) is 0 Å². The maximum absolute atomic E-state index is 11.8. The zero-order valence-electron chi connectivity index (χ0n) is 14.2. The summed E-state index contributed by atoms with van der Waals surface area (Å²) in [5.74, 6) is -1.78. The Morgan fingerprint density at radius 1 is 1.29 bits per heavy atom. The third kappa shape index (κ3) is 5.08. The van der Waals surface area contributed by atoms with Gasteiger partial charge in [-0.3, -0.25) is 18.9 Å². The van der Waals surface area contributed by atoms with Gasteiger partial charge in [0, 0.05) is 12.3 Å². The van der Waals surface area contributed by atoms with Crippen LogP contribution in [-0.4, -0.2) is 89.8 Å². The van der Waals surface area contributed by atoms with Gasteiger partial charge in [0.05, 0.1) is 13.2 Å². The molecule has 1 unspecified atom stereocenters. The number of H-pyrrole nitrogens is 1. The smallest absolute Gasteiger partial charge is 0.330 e. The fraction of sp³-hybridized carbons (Fsp3) is 0.692. The fourth-order valence-electron chi connectivity index (χ4n) is 2.46. The molecule has 0 aromatic carbocycles. The summed E-state index contributed by atoms with van der Waals surface area (Å²) < 4.78 is 22.7. The second-order valence-electron chi connectivity index (χ2n) is 5.90. The molecular formula is C13H20N2O11P2. The number of hydrogen-bond donors (Lipinski definition) is 7. The molecule has 2 rings (SSSR count). The summed E-state index contributed by atoms with van der Waals surface area (Å²) in [5.41, 5.74) is -1.53. The quantitative estimate of drug-likeness (QED) is 0.189. The molecule has 28 heavy (non-hydrogen) atoms. The number of aromatic nitrogens is 2. The van der Waals surface area contributed by atoms with Gasteiger partial charge in [0.15, 0.2) is 14.1 Å². The summed E-state index contributed by atoms with van der Waals surface area (Å²) >= 11 is 0. The average Bonchev–Trinajstić information content (AvgIpc) is 2.95. The molecule has 1 fully saturated rings. The predicted molar refractivity (Wildman–Crippen MR) is 92.8 cm³/mol. The Balaban J connectivity index is 2.05. The molecule has 7 N–H and O–H groups in total. The minimum atomic E-state index is -2.26. The molecule has 13 nitrogen and oxygen atoms in total. The molecule has 0 radical (unpaired) electrons. The lowest BCUT2D eigenvalue weighted by Gasteiger charge is -2.25. The molecule has 158 valence electrons. The molecule has 0 amide bonds. The van der Waals surface area contributed by atoms with E-state index in [2.05, 4.69) is 0 Å². The molecule has 1 aromatic heterocycles. The lowest BCUT2D eigenvalue weighted by Crippen LogP contribution is -2.39. The van der Waals surface area contributed by atoms with Gasteiger partial charge in [-0.1, -0.05) is 0 Å². The second kappa shape index (κ2) is 10.1. The second-order valence-corrected chi connectivity index (χ2v) is 9.13. The number of rotatable bonds is 9. The van der Waals surface area contributed by atoms with Crippen molar-refractivity contribution in [2.75, 3.05) is 13.2 Å². The van der Waals surface area contributed by atoms with Crippen LogP contribution in [0.4, 0.5) is 0 Å². The molecule has 0 aliphatic carbocycles. The molecule has 2 heterocycles. The number of aliphatic hydroxyl groups is 6. The van der Waals surface area contributed by atoms with Gasteiger partial charge in [-0.2, -0.15) is 0 Å². The van der Waals surface area contributed by atoms with Crippen LogP contribution in [0.15, 0.2) is 21.9 Å². The minimum absolute atomic E-state index is 0.479. The molecule has 1 aromatic rings. The Morgan fingerprint density at radius 3 is 2.54 bits per heavy atom. The summed E-state index contributed by atoms with van der Waals surface area (Å²) in [7, 11) is -2.96. The van der Waals surface area contributed by atoms with Crippen LogP contribution in [0.25, 0.3) is 0 Å².